The minimum absolute atomic E-state index is 0.579. The number of anilines is 1. The number of pyridine rings is 1. The molecule has 0 spiro atoms. The van der Waals surface area contributed by atoms with E-state index in [2.05, 4.69) is 23.4 Å². The second-order valence-electron chi connectivity index (χ2n) is 6.05. The van der Waals surface area contributed by atoms with Crippen LogP contribution in [0, 0.1) is 5.92 Å². The molecule has 3 rings (SSSR count). The molecule has 2 aromatic rings. The Morgan fingerprint density at radius 1 is 1.37 bits per heavy atom. The highest BCUT2D eigenvalue weighted by Crippen LogP contribution is 2.33. The zero-order valence-corrected chi connectivity index (χ0v) is 11.8. The molecule has 0 saturated heterocycles. The number of hydrogen-bond donors (Lipinski definition) is 1. The molecule has 0 aromatic carbocycles. The lowest BCUT2D eigenvalue weighted by Gasteiger charge is -2.16. The highest BCUT2D eigenvalue weighted by molar-refractivity contribution is 5.75. The van der Waals surface area contributed by atoms with Crippen molar-refractivity contribution in [3.8, 4) is 0 Å². The number of fused-ring (bicyclic) bond motifs is 1. The Kier molecular flexibility index (Phi) is 3.17. The minimum atomic E-state index is 0.579. The molecule has 19 heavy (non-hydrogen) atoms. The zero-order chi connectivity index (χ0) is 13.4. The summed E-state index contributed by atoms with van der Waals surface area (Å²) in [4.78, 5) is 9.31. The monoisotopic (exact) mass is 258 g/mol. The molecule has 4 heteroatoms. The summed E-state index contributed by atoms with van der Waals surface area (Å²) in [6.45, 7) is 4.47. The molecule has 2 aromatic heterocycles. The summed E-state index contributed by atoms with van der Waals surface area (Å²) in [5.41, 5.74) is 8.48. The molecule has 1 saturated carbocycles. The van der Waals surface area contributed by atoms with Crippen molar-refractivity contribution >= 4 is 16.9 Å². The highest BCUT2D eigenvalue weighted by atomic mass is 15.2. The van der Waals surface area contributed by atoms with Gasteiger partial charge in [0.25, 0.3) is 0 Å². The summed E-state index contributed by atoms with van der Waals surface area (Å²) in [6, 6.07) is 2.52. The van der Waals surface area contributed by atoms with Gasteiger partial charge in [-0.1, -0.05) is 26.7 Å². The summed E-state index contributed by atoms with van der Waals surface area (Å²) in [5, 5.41) is 0. The molecule has 0 amide bonds. The number of imidazole rings is 1. The largest absolute Gasteiger partial charge is 0.397 e. The van der Waals surface area contributed by atoms with Crippen LogP contribution in [0.15, 0.2) is 12.3 Å². The van der Waals surface area contributed by atoms with E-state index >= 15 is 0 Å². The van der Waals surface area contributed by atoms with Crippen molar-refractivity contribution in [1.82, 2.24) is 14.5 Å². The van der Waals surface area contributed by atoms with Gasteiger partial charge in [-0.05, 0) is 24.8 Å². The van der Waals surface area contributed by atoms with E-state index in [-0.39, 0.29) is 0 Å². The predicted molar refractivity (Wildman–Crippen MR) is 78.0 cm³/mol. The Balaban J connectivity index is 2.13. The van der Waals surface area contributed by atoms with Gasteiger partial charge in [0, 0.05) is 12.5 Å². The molecule has 0 aliphatic heterocycles. The van der Waals surface area contributed by atoms with Crippen LogP contribution in [0.25, 0.3) is 11.2 Å². The van der Waals surface area contributed by atoms with Gasteiger partial charge in [-0.2, -0.15) is 0 Å². The van der Waals surface area contributed by atoms with Gasteiger partial charge in [-0.15, -0.1) is 0 Å². The summed E-state index contributed by atoms with van der Waals surface area (Å²) in [6.07, 6.45) is 7.90. The maximum atomic E-state index is 5.83. The topological polar surface area (TPSA) is 56.7 Å². The maximum absolute atomic E-state index is 5.83. The lowest BCUT2D eigenvalue weighted by molar-refractivity contribution is 0.487. The van der Waals surface area contributed by atoms with E-state index in [4.69, 9.17) is 10.7 Å². The van der Waals surface area contributed by atoms with Crippen molar-refractivity contribution in [2.24, 2.45) is 5.92 Å². The van der Waals surface area contributed by atoms with E-state index in [0.29, 0.717) is 17.6 Å². The quantitative estimate of drug-likeness (QED) is 0.918. The minimum Gasteiger partial charge on any atom is -0.397 e. The first-order valence-corrected chi connectivity index (χ1v) is 7.27. The molecular formula is C15H22N4. The van der Waals surface area contributed by atoms with Crippen molar-refractivity contribution in [3.63, 3.8) is 0 Å². The van der Waals surface area contributed by atoms with Gasteiger partial charge in [-0.25, -0.2) is 9.97 Å². The van der Waals surface area contributed by atoms with Gasteiger partial charge < -0.3 is 10.3 Å². The van der Waals surface area contributed by atoms with E-state index < -0.39 is 0 Å². The Hall–Kier alpha value is -1.58. The summed E-state index contributed by atoms with van der Waals surface area (Å²) in [5.74, 6) is 1.78. The lowest BCUT2D eigenvalue weighted by Crippen LogP contribution is -2.11. The fourth-order valence-electron chi connectivity index (χ4n) is 3.10. The Morgan fingerprint density at radius 2 is 2.11 bits per heavy atom. The van der Waals surface area contributed by atoms with Crippen LogP contribution in [0.5, 0.6) is 0 Å². The molecule has 1 fully saturated rings. The van der Waals surface area contributed by atoms with E-state index in [0.717, 1.165) is 17.6 Å². The van der Waals surface area contributed by atoms with Crippen LogP contribution in [-0.2, 0) is 6.42 Å². The van der Waals surface area contributed by atoms with Gasteiger partial charge in [0.05, 0.1) is 11.9 Å². The van der Waals surface area contributed by atoms with Crippen molar-refractivity contribution in [2.75, 3.05) is 5.73 Å². The molecule has 102 valence electrons. The third kappa shape index (κ3) is 2.31. The Labute approximate surface area is 114 Å². The average molecular weight is 258 g/mol. The molecule has 2 heterocycles. The first-order chi connectivity index (χ1) is 9.15. The number of nitrogens with zero attached hydrogens (tertiary/aromatic N) is 3. The molecule has 4 nitrogen and oxygen atoms in total. The van der Waals surface area contributed by atoms with Crippen molar-refractivity contribution < 1.29 is 0 Å². The smallest absolute Gasteiger partial charge is 0.160 e. The van der Waals surface area contributed by atoms with E-state index in [1.807, 2.05) is 6.07 Å². The van der Waals surface area contributed by atoms with Crippen molar-refractivity contribution in [2.45, 2.75) is 52.0 Å². The number of aromatic nitrogens is 3. The van der Waals surface area contributed by atoms with Crippen LogP contribution < -0.4 is 5.73 Å². The molecular weight excluding hydrogens is 236 g/mol. The number of hydrogen-bond acceptors (Lipinski definition) is 3. The molecule has 1 aliphatic carbocycles. The first kappa shape index (κ1) is 12.5. The van der Waals surface area contributed by atoms with Gasteiger partial charge >= 0.3 is 0 Å². The average Bonchev–Trinajstić information content (AvgIpc) is 2.93. The molecule has 0 unspecified atom stereocenters. The van der Waals surface area contributed by atoms with Crippen LogP contribution in [-0.4, -0.2) is 14.5 Å². The SMILES string of the molecule is CC(C)Cc1nc2cc(N)cnc2n1C1CCCC1. The van der Waals surface area contributed by atoms with Crippen molar-refractivity contribution in [1.29, 1.82) is 0 Å². The van der Waals surface area contributed by atoms with Gasteiger partial charge in [0.2, 0.25) is 0 Å². The summed E-state index contributed by atoms with van der Waals surface area (Å²) in [7, 11) is 0. The van der Waals surface area contributed by atoms with Crippen molar-refractivity contribution in [3.05, 3.63) is 18.1 Å². The number of nitrogens with two attached hydrogens (primary N) is 1. The van der Waals surface area contributed by atoms with E-state index in [9.17, 15) is 0 Å². The van der Waals surface area contributed by atoms with Gasteiger partial charge in [-0.3, -0.25) is 0 Å². The molecule has 0 atom stereocenters. The summed E-state index contributed by atoms with van der Waals surface area (Å²) >= 11 is 0. The summed E-state index contributed by atoms with van der Waals surface area (Å²) < 4.78 is 2.38. The molecule has 0 radical (unpaired) electrons. The second-order valence-corrected chi connectivity index (χ2v) is 6.05. The maximum Gasteiger partial charge on any atom is 0.160 e. The standard InChI is InChI=1S/C15H22N4/c1-10(2)7-14-18-13-8-11(16)9-17-15(13)19(14)12-5-3-4-6-12/h8-10,12H,3-7,16H2,1-2H3. The van der Waals surface area contributed by atoms with Gasteiger partial charge in [0.1, 0.15) is 11.3 Å². The van der Waals surface area contributed by atoms with Crippen LogP contribution in [0.4, 0.5) is 5.69 Å². The Bertz CT molecular complexity index is 579. The Morgan fingerprint density at radius 3 is 2.79 bits per heavy atom. The van der Waals surface area contributed by atoms with Crippen LogP contribution in [0.2, 0.25) is 0 Å². The number of nitrogen functional groups attached to an aromatic ring is 1. The molecule has 2 N–H and O–H groups in total. The zero-order valence-electron chi connectivity index (χ0n) is 11.8. The highest BCUT2D eigenvalue weighted by Gasteiger charge is 2.23. The van der Waals surface area contributed by atoms with E-state index in [1.165, 1.54) is 31.5 Å². The van der Waals surface area contributed by atoms with Crippen LogP contribution >= 0.6 is 0 Å². The van der Waals surface area contributed by atoms with E-state index in [1.54, 1.807) is 6.20 Å². The molecule has 1 aliphatic rings. The fourth-order valence-corrected chi connectivity index (χ4v) is 3.10. The lowest BCUT2D eigenvalue weighted by atomic mass is 10.1. The van der Waals surface area contributed by atoms with Gasteiger partial charge in [0.15, 0.2) is 5.65 Å². The number of rotatable bonds is 3. The third-order valence-electron chi connectivity index (χ3n) is 3.90. The third-order valence-corrected chi connectivity index (χ3v) is 3.90. The first-order valence-electron chi connectivity index (χ1n) is 7.27. The molecule has 0 bridgehead atoms. The fraction of sp³-hybridized carbons (Fsp3) is 0.600. The van der Waals surface area contributed by atoms with Crippen LogP contribution in [0.1, 0.15) is 51.4 Å². The van der Waals surface area contributed by atoms with Crippen LogP contribution in [0.3, 0.4) is 0 Å². The predicted octanol–water partition coefficient (Wildman–Crippen LogP) is 3.33. The second kappa shape index (κ2) is 4.83. The normalized spacial score (nSPS) is 16.8.